The highest BCUT2D eigenvalue weighted by Gasteiger charge is 2.40. The Morgan fingerprint density at radius 2 is 2.29 bits per heavy atom. The lowest BCUT2D eigenvalue weighted by Crippen LogP contribution is -2.29. The standard InChI is InChI=1S/C13H17N3O/c14-7-13(3-4-13)8-15-6-10-1-2-11-12(5-10)17-9-16-11/h1-2,5,9,15H,3-4,6-8,14H2. The molecule has 3 N–H and O–H groups in total. The van der Waals surface area contributed by atoms with Gasteiger partial charge in [0.15, 0.2) is 12.0 Å². The van der Waals surface area contributed by atoms with Crippen molar-refractivity contribution in [3.05, 3.63) is 30.2 Å². The molecule has 1 aromatic carbocycles. The zero-order valence-electron chi connectivity index (χ0n) is 9.78. The van der Waals surface area contributed by atoms with Gasteiger partial charge in [0.1, 0.15) is 5.52 Å². The van der Waals surface area contributed by atoms with E-state index < -0.39 is 0 Å². The molecular weight excluding hydrogens is 214 g/mol. The SMILES string of the molecule is NCC1(CNCc2ccc3ncoc3c2)CC1. The highest BCUT2D eigenvalue weighted by atomic mass is 16.3. The van der Waals surface area contributed by atoms with Crippen LogP contribution in [0.2, 0.25) is 0 Å². The van der Waals surface area contributed by atoms with Crippen molar-refractivity contribution >= 4 is 11.1 Å². The monoisotopic (exact) mass is 231 g/mol. The van der Waals surface area contributed by atoms with Crippen LogP contribution >= 0.6 is 0 Å². The molecule has 1 fully saturated rings. The van der Waals surface area contributed by atoms with Crippen LogP contribution in [0.15, 0.2) is 29.0 Å². The molecule has 0 amide bonds. The van der Waals surface area contributed by atoms with Gasteiger partial charge in [0.2, 0.25) is 0 Å². The minimum Gasteiger partial charge on any atom is -0.443 e. The Balaban J connectivity index is 1.60. The first-order valence-electron chi connectivity index (χ1n) is 6.04. The van der Waals surface area contributed by atoms with Crippen LogP contribution in [0.5, 0.6) is 0 Å². The van der Waals surface area contributed by atoms with E-state index in [0.717, 1.165) is 30.7 Å². The predicted octanol–water partition coefficient (Wildman–Crippen LogP) is 1.66. The van der Waals surface area contributed by atoms with Crippen molar-refractivity contribution in [3.8, 4) is 0 Å². The Morgan fingerprint density at radius 3 is 3.06 bits per heavy atom. The van der Waals surface area contributed by atoms with Crippen LogP contribution in [0.1, 0.15) is 18.4 Å². The van der Waals surface area contributed by atoms with Gasteiger partial charge in [-0.05, 0) is 42.5 Å². The molecule has 0 bridgehead atoms. The van der Waals surface area contributed by atoms with Crippen LogP contribution in [-0.2, 0) is 6.54 Å². The van der Waals surface area contributed by atoms with Gasteiger partial charge >= 0.3 is 0 Å². The van der Waals surface area contributed by atoms with E-state index in [9.17, 15) is 0 Å². The van der Waals surface area contributed by atoms with Gasteiger partial charge in [0.25, 0.3) is 0 Å². The van der Waals surface area contributed by atoms with Crippen LogP contribution in [0.4, 0.5) is 0 Å². The van der Waals surface area contributed by atoms with Gasteiger partial charge in [-0.3, -0.25) is 0 Å². The smallest absolute Gasteiger partial charge is 0.181 e. The number of aromatic nitrogens is 1. The van der Waals surface area contributed by atoms with Crippen molar-refractivity contribution in [1.29, 1.82) is 0 Å². The number of nitrogens with zero attached hydrogens (tertiary/aromatic N) is 1. The summed E-state index contributed by atoms with van der Waals surface area (Å²) in [6, 6.07) is 6.11. The van der Waals surface area contributed by atoms with Gasteiger partial charge in [0, 0.05) is 13.1 Å². The van der Waals surface area contributed by atoms with Crippen LogP contribution in [-0.4, -0.2) is 18.1 Å². The Labute approximate surface area is 100 Å². The molecule has 3 rings (SSSR count). The summed E-state index contributed by atoms with van der Waals surface area (Å²) in [7, 11) is 0. The summed E-state index contributed by atoms with van der Waals surface area (Å²) in [5, 5.41) is 3.47. The summed E-state index contributed by atoms with van der Waals surface area (Å²) in [5.41, 5.74) is 9.12. The number of benzene rings is 1. The first-order chi connectivity index (χ1) is 8.31. The molecule has 1 aromatic heterocycles. The van der Waals surface area contributed by atoms with Gasteiger partial charge in [-0.25, -0.2) is 4.98 Å². The van der Waals surface area contributed by atoms with E-state index in [0.29, 0.717) is 5.41 Å². The minimum absolute atomic E-state index is 0.385. The first kappa shape index (κ1) is 10.7. The molecule has 0 spiro atoms. The third-order valence-corrected chi connectivity index (χ3v) is 3.61. The second-order valence-electron chi connectivity index (χ2n) is 4.96. The fourth-order valence-electron chi connectivity index (χ4n) is 2.11. The molecule has 0 aliphatic heterocycles. The highest BCUT2D eigenvalue weighted by molar-refractivity contribution is 5.72. The molecule has 90 valence electrons. The van der Waals surface area contributed by atoms with Crippen LogP contribution in [0.3, 0.4) is 0 Å². The Kier molecular flexibility index (Phi) is 2.61. The molecule has 0 saturated heterocycles. The molecule has 0 atom stereocenters. The van der Waals surface area contributed by atoms with Crippen molar-refractivity contribution in [2.24, 2.45) is 11.1 Å². The number of rotatable bonds is 5. The molecule has 1 saturated carbocycles. The fraction of sp³-hybridized carbons (Fsp3) is 0.462. The Hall–Kier alpha value is -1.39. The largest absolute Gasteiger partial charge is 0.443 e. The van der Waals surface area contributed by atoms with Crippen molar-refractivity contribution in [1.82, 2.24) is 10.3 Å². The Morgan fingerprint density at radius 1 is 1.41 bits per heavy atom. The number of nitrogens with one attached hydrogen (secondary N) is 1. The number of fused-ring (bicyclic) bond motifs is 1. The summed E-state index contributed by atoms with van der Waals surface area (Å²) in [5.74, 6) is 0. The predicted molar refractivity (Wildman–Crippen MR) is 66.4 cm³/mol. The first-order valence-corrected chi connectivity index (χ1v) is 6.04. The summed E-state index contributed by atoms with van der Waals surface area (Å²) in [6.45, 7) is 2.66. The fourth-order valence-corrected chi connectivity index (χ4v) is 2.11. The Bertz CT molecular complexity index is 516. The van der Waals surface area contributed by atoms with Gasteiger partial charge in [0.05, 0.1) is 0 Å². The molecule has 17 heavy (non-hydrogen) atoms. The van der Waals surface area contributed by atoms with Gasteiger partial charge in [-0.15, -0.1) is 0 Å². The van der Waals surface area contributed by atoms with Crippen LogP contribution in [0.25, 0.3) is 11.1 Å². The van der Waals surface area contributed by atoms with Crippen LogP contribution < -0.4 is 11.1 Å². The van der Waals surface area contributed by atoms with Gasteiger partial charge in [-0.1, -0.05) is 6.07 Å². The van der Waals surface area contributed by atoms with E-state index in [4.69, 9.17) is 10.2 Å². The average molecular weight is 231 g/mol. The maximum Gasteiger partial charge on any atom is 0.181 e. The molecule has 0 radical (unpaired) electrons. The van der Waals surface area contributed by atoms with Crippen molar-refractivity contribution in [2.45, 2.75) is 19.4 Å². The zero-order chi connectivity index (χ0) is 11.7. The topological polar surface area (TPSA) is 64.1 Å². The molecule has 1 heterocycles. The zero-order valence-corrected chi connectivity index (χ0v) is 9.78. The second-order valence-corrected chi connectivity index (χ2v) is 4.96. The van der Waals surface area contributed by atoms with Crippen molar-refractivity contribution in [2.75, 3.05) is 13.1 Å². The molecule has 1 aliphatic rings. The lowest BCUT2D eigenvalue weighted by molar-refractivity contribution is 0.467. The third kappa shape index (κ3) is 2.18. The van der Waals surface area contributed by atoms with E-state index in [1.807, 2.05) is 12.1 Å². The minimum atomic E-state index is 0.385. The number of oxazole rings is 1. The third-order valence-electron chi connectivity index (χ3n) is 3.61. The van der Waals surface area contributed by atoms with E-state index >= 15 is 0 Å². The molecule has 2 aromatic rings. The number of nitrogens with two attached hydrogens (primary N) is 1. The normalized spacial score (nSPS) is 17.5. The van der Waals surface area contributed by atoms with Gasteiger partial charge < -0.3 is 15.5 Å². The molecular formula is C13H17N3O. The number of hydrogen-bond acceptors (Lipinski definition) is 4. The highest BCUT2D eigenvalue weighted by Crippen LogP contribution is 2.43. The molecule has 4 heteroatoms. The van der Waals surface area contributed by atoms with E-state index in [1.54, 1.807) is 0 Å². The van der Waals surface area contributed by atoms with E-state index in [-0.39, 0.29) is 0 Å². The van der Waals surface area contributed by atoms with Crippen LogP contribution in [0, 0.1) is 5.41 Å². The lowest BCUT2D eigenvalue weighted by Gasteiger charge is -2.13. The summed E-state index contributed by atoms with van der Waals surface area (Å²) in [4.78, 5) is 4.10. The van der Waals surface area contributed by atoms with E-state index in [2.05, 4.69) is 16.4 Å². The summed E-state index contributed by atoms with van der Waals surface area (Å²) in [6.07, 6.45) is 4.00. The van der Waals surface area contributed by atoms with E-state index in [1.165, 1.54) is 24.8 Å². The molecule has 0 unspecified atom stereocenters. The maximum atomic E-state index is 5.75. The van der Waals surface area contributed by atoms with Gasteiger partial charge in [-0.2, -0.15) is 0 Å². The summed E-state index contributed by atoms with van der Waals surface area (Å²) >= 11 is 0. The molecule has 1 aliphatic carbocycles. The van der Waals surface area contributed by atoms with Crippen molar-refractivity contribution < 1.29 is 4.42 Å². The summed E-state index contributed by atoms with van der Waals surface area (Å²) < 4.78 is 5.28. The van der Waals surface area contributed by atoms with Crippen molar-refractivity contribution in [3.63, 3.8) is 0 Å². The maximum absolute atomic E-state index is 5.75. The second kappa shape index (κ2) is 4.13. The molecule has 4 nitrogen and oxygen atoms in total. The lowest BCUT2D eigenvalue weighted by atomic mass is 10.1. The number of hydrogen-bond donors (Lipinski definition) is 2. The quantitative estimate of drug-likeness (QED) is 0.821. The average Bonchev–Trinajstić information content (AvgIpc) is 2.98.